The molecule has 5 nitrogen and oxygen atoms in total. The van der Waals surface area contributed by atoms with Crippen molar-refractivity contribution >= 4 is 17.2 Å². The third kappa shape index (κ3) is 3.19. The van der Waals surface area contributed by atoms with Gasteiger partial charge in [-0.1, -0.05) is 0 Å². The van der Waals surface area contributed by atoms with Gasteiger partial charge >= 0.3 is 0 Å². The molecule has 4 heterocycles. The van der Waals surface area contributed by atoms with Crippen LogP contribution >= 0.6 is 11.3 Å². The van der Waals surface area contributed by atoms with Crippen LogP contribution in [0.1, 0.15) is 68.9 Å². The number of thiophene rings is 1. The smallest absolute Gasteiger partial charge is 0.264 e. The molecule has 1 amide bonds. The van der Waals surface area contributed by atoms with Gasteiger partial charge < -0.3 is 9.80 Å². The summed E-state index contributed by atoms with van der Waals surface area (Å²) in [7, 11) is 2.13. The highest BCUT2D eigenvalue weighted by Gasteiger charge is 2.34. The van der Waals surface area contributed by atoms with Crippen LogP contribution in [0.25, 0.3) is 0 Å². The second kappa shape index (κ2) is 6.99. The first-order valence-electron chi connectivity index (χ1n) is 10.1. The molecular weight excluding hydrogens is 356 g/mol. The molecule has 1 unspecified atom stereocenters. The summed E-state index contributed by atoms with van der Waals surface area (Å²) in [5.41, 5.74) is 3.80. The van der Waals surface area contributed by atoms with E-state index in [1.165, 1.54) is 34.5 Å². The fraction of sp³-hybridized carbons (Fsp3) is 0.571. The predicted molar refractivity (Wildman–Crippen MR) is 106 cm³/mol. The summed E-state index contributed by atoms with van der Waals surface area (Å²) in [6.45, 7) is 2.77. The molecule has 0 saturated carbocycles. The Hall–Kier alpha value is -1.79. The van der Waals surface area contributed by atoms with Crippen molar-refractivity contribution in [3.8, 4) is 0 Å². The summed E-state index contributed by atoms with van der Waals surface area (Å²) in [5.74, 6) is 1.02. The fourth-order valence-corrected chi connectivity index (χ4v) is 5.86. The topological polar surface area (TPSA) is 49.3 Å². The monoisotopic (exact) mass is 382 g/mol. The van der Waals surface area contributed by atoms with Gasteiger partial charge in [-0.25, -0.2) is 9.97 Å². The molecule has 2 aliphatic heterocycles. The summed E-state index contributed by atoms with van der Waals surface area (Å²) in [4.78, 5) is 29.5. The lowest BCUT2D eigenvalue weighted by molar-refractivity contribution is 0.0734. The Labute approximate surface area is 164 Å². The molecule has 3 aliphatic rings. The van der Waals surface area contributed by atoms with E-state index in [4.69, 9.17) is 4.98 Å². The van der Waals surface area contributed by atoms with E-state index in [1.54, 1.807) is 11.3 Å². The van der Waals surface area contributed by atoms with Gasteiger partial charge in [0.25, 0.3) is 5.91 Å². The van der Waals surface area contributed by atoms with Crippen molar-refractivity contribution in [2.45, 2.75) is 57.5 Å². The van der Waals surface area contributed by atoms with Gasteiger partial charge in [-0.3, -0.25) is 4.79 Å². The van der Waals surface area contributed by atoms with Gasteiger partial charge in [0.15, 0.2) is 5.82 Å². The minimum absolute atomic E-state index is 0.0292. The van der Waals surface area contributed by atoms with Crippen molar-refractivity contribution in [1.82, 2.24) is 19.8 Å². The maximum absolute atomic E-state index is 13.3. The number of fused-ring (bicyclic) bond motifs is 2. The Kier molecular flexibility index (Phi) is 4.48. The van der Waals surface area contributed by atoms with Crippen LogP contribution in [0.2, 0.25) is 0 Å². The highest BCUT2D eigenvalue weighted by Crippen LogP contribution is 2.35. The van der Waals surface area contributed by atoms with Gasteiger partial charge in [-0.15, -0.1) is 11.3 Å². The zero-order chi connectivity index (χ0) is 18.4. The van der Waals surface area contributed by atoms with Gasteiger partial charge in [0.2, 0.25) is 0 Å². The van der Waals surface area contributed by atoms with Crippen LogP contribution in [0.4, 0.5) is 0 Å². The van der Waals surface area contributed by atoms with E-state index in [9.17, 15) is 4.79 Å². The van der Waals surface area contributed by atoms with Crippen molar-refractivity contribution < 1.29 is 4.79 Å². The number of aryl methyl sites for hydroxylation is 2. The van der Waals surface area contributed by atoms with E-state index >= 15 is 0 Å². The third-order valence-corrected chi connectivity index (χ3v) is 7.39. The molecule has 5 rings (SSSR count). The van der Waals surface area contributed by atoms with Crippen LogP contribution in [0.5, 0.6) is 0 Å². The normalized spacial score (nSPS) is 22.6. The van der Waals surface area contributed by atoms with Crippen LogP contribution in [-0.2, 0) is 25.8 Å². The number of hydrogen-bond acceptors (Lipinski definition) is 5. The average molecular weight is 383 g/mol. The average Bonchev–Trinajstić information content (AvgIpc) is 3.34. The minimum Gasteiger partial charge on any atom is -0.328 e. The van der Waals surface area contributed by atoms with E-state index in [2.05, 4.69) is 23.0 Å². The zero-order valence-corrected chi connectivity index (χ0v) is 16.7. The molecule has 2 aromatic rings. The van der Waals surface area contributed by atoms with Gasteiger partial charge in [-0.05, 0) is 57.2 Å². The van der Waals surface area contributed by atoms with Crippen molar-refractivity contribution in [2.75, 3.05) is 20.1 Å². The molecule has 142 valence electrons. The Balaban J connectivity index is 1.40. The molecule has 2 aromatic heterocycles. The van der Waals surface area contributed by atoms with E-state index in [1.807, 2.05) is 11.1 Å². The van der Waals surface area contributed by atoms with Gasteiger partial charge in [-0.2, -0.15) is 0 Å². The number of rotatable bonds is 2. The number of likely N-dealkylation sites (N-methyl/N-ethyl adjacent to an activating group) is 1. The van der Waals surface area contributed by atoms with Crippen LogP contribution < -0.4 is 0 Å². The Morgan fingerprint density at radius 3 is 2.93 bits per heavy atom. The van der Waals surface area contributed by atoms with E-state index < -0.39 is 0 Å². The summed E-state index contributed by atoms with van der Waals surface area (Å²) in [6, 6.07) is 2.18. The maximum Gasteiger partial charge on any atom is 0.264 e. The van der Waals surface area contributed by atoms with Gasteiger partial charge in [0.05, 0.1) is 10.9 Å². The first-order chi connectivity index (χ1) is 13.2. The lowest BCUT2D eigenvalue weighted by Gasteiger charge is -2.27. The molecule has 0 aromatic carbocycles. The third-order valence-electron chi connectivity index (χ3n) is 6.16. The van der Waals surface area contributed by atoms with Crippen LogP contribution in [0.3, 0.4) is 0 Å². The van der Waals surface area contributed by atoms with Crippen molar-refractivity contribution in [3.05, 3.63) is 44.7 Å². The number of carbonyl (C=O) groups excluding carboxylic acids is 1. The first-order valence-corrected chi connectivity index (χ1v) is 11.0. The Bertz CT molecular complexity index is 854. The highest BCUT2D eigenvalue weighted by atomic mass is 32.1. The molecule has 1 aliphatic carbocycles. The van der Waals surface area contributed by atoms with E-state index in [-0.39, 0.29) is 11.9 Å². The van der Waals surface area contributed by atoms with Crippen LogP contribution in [0.15, 0.2) is 12.3 Å². The molecule has 1 atom stereocenters. The van der Waals surface area contributed by atoms with E-state index in [0.717, 1.165) is 62.4 Å². The van der Waals surface area contributed by atoms with Crippen molar-refractivity contribution in [1.29, 1.82) is 0 Å². The van der Waals surface area contributed by atoms with Crippen molar-refractivity contribution in [2.24, 2.45) is 0 Å². The highest BCUT2D eigenvalue weighted by molar-refractivity contribution is 7.14. The number of aromatic nitrogens is 2. The Morgan fingerprint density at radius 2 is 2.04 bits per heavy atom. The minimum atomic E-state index is 0.0292. The van der Waals surface area contributed by atoms with E-state index in [0.29, 0.717) is 0 Å². The molecule has 27 heavy (non-hydrogen) atoms. The first kappa shape index (κ1) is 17.3. The number of amides is 1. The number of carbonyl (C=O) groups is 1. The maximum atomic E-state index is 13.3. The van der Waals surface area contributed by atoms with Gasteiger partial charge in [0.1, 0.15) is 0 Å². The SMILES string of the molecule is CN1CCc2nc(C3CCCN3C(=O)c3cc4c(s3)CCCC4)ncc2C1. The quantitative estimate of drug-likeness (QED) is 0.799. The molecule has 0 bridgehead atoms. The van der Waals surface area contributed by atoms with Gasteiger partial charge in [0, 0.05) is 48.4 Å². The summed E-state index contributed by atoms with van der Waals surface area (Å²) >= 11 is 1.71. The van der Waals surface area contributed by atoms with Crippen LogP contribution in [-0.4, -0.2) is 45.8 Å². The molecule has 0 N–H and O–H groups in total. The number of hydrogen-bond donors (Lipinski definition) is 0. The molecule has 1 saturated heterocycles. The standard InChI is InChI=1S/C21H26N4OS/c1-24-10-8-16-15(13-24)12-22-20(23-16)17-6-4-9-25(17)21(26)19-11-14-5-2-3-7-18(14)27-19/h11-12,17H,2-10,13H2,1H3. The second-order valence-electron chi connectivity index (χ2n) is 8.11. The zero-order valence-electron chi connectivity index (χ0n) is 15.9. The van der Waals surface area contributed by atoms with Crippen molar-refractivity contribution in [3.63, 3.8) is 0 Å². The number of likely N-dealkylation sites (tertiary alicyclic amines) is 1. The molecule has 1 fully saturated rings. The Morgan fingerprint density at radius 1 is 1.15 bits per heavy atom. The van der Waals surface area contributed by atoms with Crippen LogP contribution in [0, 0.1) is 0 Å². The number of nitrogens with zero attached hydrogens (tertiary/aromatic N) is 4. The predicted octanol–water partition coefficient (Wildman–Crippen LogP) is 3.38. The largest absolute Gasteiger partial charge is 0.328 e. The molecule has 6 heteroatoms. The molecule has 0 spiro atoms. The fourth-order valence-electron chi connectivity index (χ4n) is 4.65. The summed E-state index contributed by atoms with van der Waals surface area (Å²) < 4.78 is 0. The second-order valence-corrected chi connectivity index (χ2v) is 9.25. The summed E-state index contributed by atoms with van der Waals surface area (Å²) in [5, 5.41) is 0. The molecular formula is C21H26N4OS. The summed E-state index contributed by atoms with van der Waals surface area (Å²) in [6.07, 6.45) is 9.73. The lowest BCUT2D eigenvalue weighted by Crippen LogP contribution is -2.32. The molecule has 0 radical (unpaired) electrons. The lowest BCUT2D eigenvalue weighted by atomic mass is 9.99.